The Morgan fingerprint density at radius 1 is 0.651 bits per heavy atom. The SMILES string of the molecule is CC(=O)COCC(C)(C)C.CC(=O)CS(=O)(=O)CC(C)(C)C.CC(=O)CS(=O)CC(C)(C)C.CC(=O)CSCC(C)(C)C. The van der Waals surface area contributed by atoms with Gasteiger partial charge in [-0.25, -0.2) is 8.42 Å². The van der Waals surface area contributed by atoms with Crippen LogP contribution in [-0.4, -0.2) is 83.5 Å². The van der Waals surface area contributed by atoms with Crippen LogP contribution in [0.2, 0.25) is 0 Å². The molecule has 0 aliphatic rings. The number of hydrogen-bond acceptors (Lipinski definition) is 9. The molecule has 0 saturated carbocycles. The van der Waals surface area contributed by atoms with Crippen LogP contribution in [0.15, 0.2) is 0 Å². The highest BCUT2D eigenvalue weighted by Gasteiger charge is 2.22. The number of ether oxygens (including phenoxy) is 1. The summed E-state index contributed by atoms with van der Waals surface area (Å²) >= 11 is 1.72. The normalized spacial score (nSPS) is 12.7. The molecule has 0 bridgehead atoms. The Hall–Kier alpha value is -0.910. The third-order valence-electron chi connectivity index (χ3n) is 3.72. The molecule has 0 saturated heterocycles. The van der Waals surface area contributed by atoms with Gasteiger partial charge in [0.25, 0.3) is 0 Å². The average Bonchev–Trinajstić information content (AvgIpc) is 2.61. The monoisotopic (exact) mass is 672 g/mol. The Morgan fingerprint density at radius 3 is 1.40 bits per heavy atom. The molecule has 0 fully saturated rings. The maximum absolute atomic E-state index is 11.2. The van der Waals surface area contributed by atoms with Crippen LogP contribution in [0, 0.1) is 21.7 Å². The summed E-state index contributed by atoms with van der Waals surface area (Å²) < 4.78 is 38.7. The molecule has 0 aliphatic heterocycles. The van der Waals surface area contributed by atoms with E-state index in [2.05, 4.69) is 41.5 Å². The number of thioether (sulfide) groups is 1. The molecule has 0 aromatic heterocycles. The molecule has 0 heterocycles. The smallest absolute Gasteiger partial charge is 0.157 e. The van der Waals surface area contributed by atoms with E-state index in [-0.39, 0.29) is 63.2 Å². The molecule has 8 nitrogen and oxygen atoms in total. The van der Waals surface area contributed by atoms with Gasteiger partial charge in [-0.3, -0.25) is 23.4 Å². The predicted octanol–water partition coefficient (Wildman–Crippen LogP) is 6.40. The van der Waals surface area contributed by atoms with Gasteiger partial charge in [0.1, 0.15) is 29.7 Å². The topological polar surface area (TPSA) is 129 Å². The largest absolute Gasteiger partial charge is 0.373 e. The molecule has 0 aliphatic carbocycles. The van der Waals surface area contributed by atoms with E-state index in [4.69, 9.17) is 4.74 Å². The van der Waals surface area contributed by atoms with Crippen molar-refractivity contribution in [3.63, 3.8) is 0 Å². The summed E-state index contributed by atoms with van der Waals surface area (Å²) in [4.78, 5) is 42.0. The number of rotatable bonds is 12. The van der Waals surface area contributed by atoms with Crippen molar-refractivity contribution in [2.24, 2.45) is 21.7 Å². The zero-order valence-corrected chi connectivity index (χ0v) is 32.6. The first kappa shape index (κ1) is 49.0. The van der Waals surface area contributed by atoms with Crippen LogP contribution in [0.25, 0.3) is 0 Å². The minimum atomic E-state index is -3.19. The lowest BCUT2D eigenvalue weighted by Gasteiger charge is -2.17. The fourth-order valence-corrected chi connectivity index (χ4v) is 7.35. The molecular weight excluding hydrogens is 609 g/mol. The first-order valence-electron chi connectivity index (χ1n) is 14.5. The maximum Gasteiger partial charge on any atom is 0.157 e. The van der Waals surface area contributed by atoms with Gasteiger partial charge in [0.2, 0.25) is 0 Å². The van der Waals surface area contributed by atoms with E-state index in [9.17, 15) is 31.8 Å². The quantitative estimate of drug-likeness (QED) is 0.231. The summed E-state index contributed by atoms with van der Waals surface area (Å²) in [6.07, 6.45) is 0. The van der Waals surface area contributed by atoms with Gasteiger partial charge in [0, 0.05) is 16.6 Å². The van der Waals surface area contributed by atoms with Crippen LogP contribution in [0.1, 0.15) is 111 Å². The van der Waals surface area contributed by atoms with Crippen molar-refractivity contribution in [3.8, 4) is 0 Å². The summed E-state index contributed by atoms with van der Waals surface area (Å²) in [5.41, 5.74) is 0.296. The molecule has 258 valence electrons. The lowest BCUT2D eigenvalue weighted by molar-refractivity contribution is -0.122. The summed E-state index contributed by atoms with van der Waals surface area (Å²) in [7, 11) is -4.16. The van der Waals surface area contributed by atoms with Gasteiger partial charge in [-0.2, -0.15) is 11.8 Å². The van der Waals surface area contributed by atoms with E-state index in [1.807, 2.05) is 41.5 Å². The van der Waals surface area contributed by atoms with E-state index in [1.165, 1.54) is 20.8 Å². The highest BCUT2D eigenvalue weighted by Crippen LogP contribution is 2.20. The first-order valence-corrected chi connectivity index (χ1v) is 18.9. The Kier molecular flexibility index (Phi) is 25.7. The highest BCUT2D eigenvalue weighted by atomic mass is 32.2. The van der Waals surface area contributed by atoms with Gasteiger partial charge in [-0.15, -0.1) is 0 Å². The molecule has 0 spiro atoms. The minimum absolute atomic E-state index is 0.00702. The van der Waals surface area contributed by atoms with Crippen molar-refractivity contribution in [2.45, 2.75) is 111 Å². The molecular formula is C32H64O8S3. The number of ketones is 4. The molecule has 0 rings (SSSR count). The molecule has 0 aromatic rings. The number of sulfone groups is 1. The third-order valence-corrected chi connectivity index (χ3v) is 9.46. The third kappa shape index (κ3) is 57.3. The van der Waals surface area contributed by atoms with Gasteiger partial charge in [-0.05, 0) is 55.1 Å². The number of carbonyl (C=O) groups is 4. The van der Waals surface area contributed by atoms with Gasteiger partial charge >= 0.3 is 0 Å². The Labute approximate surface area is 271 Å². The lowest BCUT2D eigenvalue weighted by Crippen LogP contribution is -2.25. The van der Waals surface area contributed by atoms with Crippen molar-refractivity contribution in [2.75, 3.05) is 47.7 Å². The van der Waals surface area contributed by atoms with Crippen molar-refractivity contribution in [1.82, 2.24) is 0 Å². The van der Waals surface area contributed by atoms with E-state index in [0.717, 1.165) is 5.75 Å². The fraction of sp³-hybridized carbons (Fsp3) is 0.875. The second-order valence-corrected chi connectivity index (χ2v) is 20.3. The maximum atomic E-state index is 11.2. The average molecular weight is 673 g/mol. The van der Waals surface area contributed by atoms with Gasteiger partial charge in [-0.1, -0.05) is 83.1 Å². The van der Waals surface area contributed by atoms with Crippen molar-refractivity contribution >= 4 is 55.5 Å². The standard InChI is InChI=1S/C8H16O3S.C8H16O2S.C8H16O2.C8H16OS/c1-7(9)5-12(10,11)6-8(2,3)4;1-7(9)5-11(10)6-8(2,3)4;2*1-7(9)5-10-6-8(2,3)4/h5-6H2,1-4H3;5-6H2,1-4H3;2*5-6H2,1-4H3. The minimum Gasteiger partial charge on any atom is -0.373 e. The Bertz CT molecular complexity index is 927. The van der Waals surface area contributed by atoms with E-state index >= 15 is 0 Å². The number of Topliss-reactive ketones (excluding diaryl/α,β-unsaturated/α-hetero) is 4. The zero-order valence-electron chi connectivity index (χ0n) is 30.1. The summed E-state index contributed by atoms with van der Waals surface area (Å²) in [6.45, 7) is 31.2. The van der Waals surface area contributed by atoms with Crippen LogP contribution >= 0.6 is 11.8 Å². The van der Waals surface area contributed by atoms with Crippen LogP contribution in [0.3, 0.4) is 0 Å². The predicted molar refractivity (Wildman–Crippen MR) is 185 cm³/mol. The molecule has 11 heteroatoms. The summed E-state index contributed by atoms with van der Waals surface area (Å²) in [6, 6.07) is 0. The van der Waals surface area contributed by atoms with Crippen LogP contribution < -0.4 is 0 Å². The van der Waals surface area contributed by atoms with Crippen LogP contribution in [0.5, 0.6) is 0 Å². The van der Waals surface area contributed by atoms with E-state index in [0.29, 0.717) is 23.5 Å². The number of carbonyl (C=O) groups excluding carboxylic acids is 4. The second kappa shape index (κ2) is 22.6. The van der Waals surface area contributed by atoms with Crippen LogP contribution in [0.4, 0.5) is 0 Å². The van der Waals surface area contributed by atoms with Gasteiger partial charge in [0.05, 0.1) is 23.9 Å². The van der Waals surface area contributed by atoms with Crippen LogP contribution in [-0.2, 0) is 44.6 Å². The Morgan fingerprint density at radius 2 is 1.12 bits per heavy atom. The zero-order chi connectivity index (χ0) is 35.5. The number of hydrogen-bond donors (Lipinski definition) is 0. The van der Waals surface area contributed by atoms with E-state index < -0.39 is 20.6 Å². The molecule has 0 N–H and O–H groups in total. The molecule has 0 radical (unpaired) electrons. The van der Waals surface area contributed by atoms with Gasteiger partial charge in [0.15, 0.2) is 15.6 Å². The second-order valence-electron chi connectivity index (χ2n) is 15.8. The lowest BCUT2D eigenvalue weighted by atomic mass is 9.99. The molecule has 0 amide bonds. The van der Waals surface area contributed by atoms with Crippen molar-refractivity contribution < 1.29 is 36.5 Å². The van der Waals surface area contributed by atoms with Crippen molar-refractivity contribution in [3.05, 3.63) is 0 Å². The first-order chi connectivity index (χ1) is 18.8. The fourth-order valence-electron chi connectivity index (χ4n) is 2.78. The molecule has 43 heavy (non-hydrogen) atoms. The summed E-state index contributed by atoms with van der Waals surface area (Å²) in [5, 5.41) is 0. The highest BCUT2D eigenvalue weighted by molar-refractivity contribution is 7.99. The van der Waals surface area contributed by atoms with Crippen molar-refractivity contribution in [1.29, 1.82) is 0 Å². The molecule has 1 atom stereocenters. The summed E-state index contributed by atoms with van der Waals surface area (Å²) in [5.74, 6) is 2.35. The molecule has 0 aromatic carbocycles. The Balaban J connectivity index is -0.000000236. The molecule has 1 unspecified atom stereocenters. The van der Waals surface area contributed by atoms with E-state index in [1.54, 1.807) is 18.7 Å². The van der Waals surface area contributed by atoms with Gasteiger partial charge < -0.3 is 4.74 Å².